The van der Waals surface area contributed by atoms with Crippen molar-refractivity contribution >= 4 is 12.0 Å². The van der Waals surface area contributed by atoms with Gasteiger partial charge in [0.15, 0.2) is 0 Å². The molecule has 0 saturated heterocycles. The normalized spacial score (nSPS) is 14.1. The van der Waals surface area contributed by atoms with Crippen LogP contribution in [-0.4, -0.2) is 54.7 Å². The first-order valence-electron chi connectivity index (χ1n) is 6.25. The van der Waals surface area contributed by atoms with Crippen LogP contribution in [-0.2, 0) is 4.79 Å². The molecule has 2 unspecified atom stereocenters. The average Bonchev–Trinajstić information content (AvgIpc) is 2.24. The molecule has 0 bridgehead atoms. The van der Waals surface area contributed by atoms with Crippen LogP contribution in [0.15, 0.2) is 0 Å². The molecule has 106 valence electrons. The van der Waals surface area contributed by atoms with Crippen molar-refractivity contribution in [3.63, 3.8) is 0 Å². The number of aliphatic carboxylic acids is 1. The molecule has 0 radical (unpaired) electrons. The number of carboxylic acid groups (broad SMARTS) is 1. The zero-order valence-electron chi connectivity index (χ0n) is 11.7. The summed E-state index contributed by atoms with van der Waals surface area (Å²) in [5.74, 6) is -0.800. The molecule has 6 nitrogen and oxygen atoms in total. The summed E-state index contributed by atoms with van der Waals surface area (Å²) in [6, 6.07) is 0.0589. The second-order valence-electron chi connectivity index (χ2n) is 4.85. The summed E-state index contributed by atoms with van der Waals surface area (Å²) < 4.78 is 0. The van der Waals surface area contributed by atoms with Gasteiger partial charge in [-0.1, -0.05) is 0 Å². The second kappa shape index (κ2) is 8.74. The highest BCUT2D eigenvalue weighted by molar-refractivity contribution is 5.74. The predicted octanol–water partition coefficient (Wildman–Crippen LogP) is 0.879. The second-order valence-corrected chi connectivity index (χ2v) is 4.85. The maximum atomic E-state index is 11.5. The van der Waals surface area contributed by atoms with Gasteiger partial charge in [-0.05, 0) is 40.8 Å². The van der Waals surface area contributed by atoms with Gasteiger partial charge in [-0.2, -0.15) is 0 Å². The summed E-state index contributed by atoms with van der Waals surface area (Å²) in [6.07, 6.45) is 1.39. The zero-order valence-corrected chi connectivity index (χ0v) is 11.7. The third kappa shape index (κ3) is 8.81. The maximum Gasteiger partial charge on any atom is 0.315 e. The number of urea groups is 1. The number of likely N-dealkylation sites (N-methyl/N-ethyl adjacent to an activating group) is 1. The fourth-order valence-corrected chi connectivity index (χ4v) is 1.33. The molecule has 0 aromatic carbocycles. The molecule has 18 heavy (non-hydrogen) atoms. The number of hydrogen-bond acceptors (Lipinski definition) is 3. The van der Waals surface area contributed by atoms with Crippen LogP contribution in [0.2, 0.25) is 0 Å². The van der Waals surface area contributed by atoms with E-state index in [-0.39, 0.29) is 24.5 Å². The summed E-state index contributed by atoms with van der Waals surface area (Å²) in [4.78, 5) is 23.9. The lowest BCUT2D eigenvalue weighted by Gasteiger charge is -2.21. The molecule has 6 heteroatoms. The Bertz CT molecular complexity index is 269. The molecular weight excluding hydrogens is 234 g/mol. The molecule has 0 aliphatic carbocycles. The van der Waals surface area contributed by atoms with Crippen LogP contribution in [0.25, 0.3) is 0 Å². The van der Waals surface area contributed by atoms with Crippen LogP contribution < -0.4 is 10.6 Å². The molecule has 2 amide bonds. The highest BCUT2D eigenvalue weighted by Crippen LogP contribution is 2.00. The minimum atomic E-state index is -0.800. The number of carbonyl (C=O) groups excluding carboxylic acids is 1. The van der Waals surface area contributed by atoms with Gasteiger partial charge in [-0.15, -0.1) is 0 Å². The molecule has 2 atom stereocenters. The Balaban J connectivity index is 3.70. The zero-order chi connectivity index (χ0) is 14.1. The van der Waals surface area contributed by atoms with Crippen LogP contribution in [0.4, 0.5) is 4.79 Å². The van der Waals surface area contributed by atoms with Crippen LogP contribution >= 0.6 is 0 Å². The first-order chi connectivity index (χ1) is 8.32. The smallest absolute Gasteiger partial charge is 0.315 e. The predicted molar refractivity (Wildman–Crippen MR) is 70.6 cm³/mol. The number of carboxylic acids is 1. The minimum absolute atomic E-state index is 0.0148. The largest absolute Gasteiger partial charge is 0.481 e. The van der Waals surface area contributed by atoms with Gasteiger partial charge >= 0.3 is 12.0 Å². The molecule has 0 aromatic rings. The summed E-state index contributed by atoms with van der Waals surface area (Å²) in [5.41, 5.74) is 0. The fourth-order valence-electron chi connectivity index (χ4n) is 1.33. The van der Waals surface area contributed by atoms with Crippen molar-refractivity contribution in [3.05, 3.63) is 0 Å². The Morgan fingerprint density at radius 1 is 1.28 bits per heavy atom. The van der Waals surface area contributed by atoms with Gasteiger partial charge in [-0.3, -0.25) is 4.79 Å². The lowest BCUT2D eigenvalue weighted by Crippen LogP contribution is -2.45. The minimum Gasteiger partial charge on any atom is -0.481 e. The standard InChI is InChI=1S/C12H25N3O3/c1-9(6-5-7-11(16)17)14-12(18)13-8-10(2)15(3)4/h9-10H,5-8H2,1-4H3,(H,16,17)(H2,13,14,18). The van der Waals surface area contributed by atoms with Gasteiger partial charge < -0.3 is 20.6 Å². The fraction of sp³-hybridized carbons (Fsp3) is 0.833. The quantitative estimate of drug-likeness (QED) is 0.604. The highest BCUT2D eigenvalue weighted by Gasteiger charge is 2.10. The van der Waals surface area contributed by atoms with Crippen molar-refractivity contribution in [1.29, 1.82) is 0 Å². The highest BCUT2D eigenvalue weighted by atomic mass is 16.4. The average molecular weight is 259 g/mol. The van der Waals surface area contributed by atoms with E-state index in [0.717, 1.165) is 0 Å². The van der Waals surface area contributed by atoms with E-state index < -0.39 is 5.97 Å². The van der Waals surface area contributed by atoms with E-state index in [0.29, 0.717) is 19.4 Å². The van der Waals surface area contributed by atoms with Crippen molar-refractivity contribution < 1.29 is 14.7 Å². The number of carbonyl (C=O) groups is 2. The number of rotatable bonds is 8. The summed E-state index contributed by atoms with van der Waals surface area (Å²) >= 11 is 0. The van der Waals surface area contributed by atoms with E-state index in [1.54, 1.807) is 0 Å². The topological polar surface area (TPSA) is 81.7 Å². The van der Waals surface area contributed by atoms with Crippen LogP contribution in [0.1, 0.15) is 33.1 Å². The Hall–Kier alpha value is -1.30. The summed E-state index contributed by atoms with van der Waals surface area (Å²) in [6.45, 7) is 4.48. The molecular formula is C12H25N3O3. The van der Waals surface area contributed by atoms with E-state index in [9.17, 15) is 9.59 Å². The number of amides is 2. The van der Waals surface area contributed by atoms with Gasteiger partial charge in [-0.25, -0.2) is 4.79 Å². The van der Waals surface area contributed by atoms with Crippen molar-refractivity contribution in [1.82, 2.24) is 15.5 Å². The SMILES string of the molecule is CC(CCCC(=O)O)NC(=O)NCC(C)N(C)C. The van der Waals surface area contributed by atoms with Crippen molar-refractivity contribution in [3.8, 4) is 0 Å². The maximum absolute atomic E-state index is 11.5. The summed E-state index contributed by atoms with van der Waals surface area (Å²) in [5, 5.41) is 14.1. The van der Waals surface area contributed by atoms with E-state index >= 15 is 0 Å². The number of hydrogen-bond donors (Lipinski definition) is 3. The number of nitrogens with zero attached hydrogens (tertiary/aromatic N) is 1. The van der Waals surface area contributed by atoms with Crippen LogP contribution in [0.3, 0.4) is 0 Å². The van der Waals surface area contributed by atoms with Crippen LogP contribution in [0.5, 0.6) is 0 Å². The Kier molecular flexibility index (Phi) is 8.11. The van der Waals surface area contributed by atoms with Gasteiger partial charge in [0.1, 0.15) is 0 Å². The lowest BCUT2D eigenvalue weighted by molar-refractivity contribution is -0.137. The third-order valence-corrected chi connectivity index (χ3v) is 2.84. The van der Waals surface area contributed by atoms with Crippen molar-refractivity contribution in [2.75, 3.05) is 20.6 Å². The Morgan fingerprint density at radius 3 is 2.39 bits per heavy atom. The molecule has 0 aromatic heterocycles. The molecule has 0 heterocycles. The molecule has 0 rings (SSSR count). The van der Waals surface area contributed by atoms with Gasteiger partial charge in [0.05, 0.1) is 0 Å². The Morgan fingerprint density at radius 2 is 1.89 bits per heavy atom. The van der Waals surface area contributed by atoms with E-state index in [1.165, 1.54) is 0 Å². The molecule has 0 aliphatic heterocycles. The van der Waals surface area contributed by atoms with E-state index in [1.807, 2.05) is 32.8 Å². The van der Waals surface area contributed by atoms with Crippen LogP contribution in [0, 0.1) is 0 Å². The molecule has 3 N–H and O–H groups in total. The van der Waals surface area contributed by atoms with E-state index in [4.69, 9.17) is 5.11 Å². The molecule has 0 fully saturated rings. The molecule has 0 spiro atoms. The van der Waals surface area contributed by atoms with Gasteiger partial charge in [0.2, 0.25) is 0 Å². The molecule has 0 aliphatic rings. The lowest BCUT2D eigenvalue weighted by atomic mass is 10.1. The van der Waals surface area contributed by atoms with Gasteiger partial charge in [0.25, 0.3) is 0 Å². The monoisotopic (exact) mass is 259 g/mol. The Labute approximate surface area is 109 Å². The van der Waals surface area contributed by atoms with Gasteiger partial charge in [0, 0.05) is 25.0 Å². The first kappa shape index (κ1) is 16.7. The van der Waals surface area contributed by atoms with E-state index in [2.05, 4.69) is 10.6 Å². The third-order valence-electron chi connectivity index (χ3n) is 2.84. The molecule has 0 saturated carbocycles. The van der Waals surface area contributed by atoms with Crippen molar-refractivity contribution in [2.24, 2.45) is 0 Å². The number of nitrogens with one attached hydrogen (secondary N) is 2. The summed E-state index contributed by atoms with van der Waals surface area (Å²) in [7, 11) is 3.91. The first-order valence-corrected chi connectivity index (χ1v) is 6.25. The van der Waals surface area contributed by atoms with Crippen molar-refractivity contribution in [2.45, 2.75) is 45.2 Å².